The molecule has 1 heterocycles. The Morgan fingerprint density at radius 1 is 1.22 bits per heavy atom. The summed E-state index contributed by atoms with van der Waals surface area (Å²) in [7, 11) is 3.93. The fourth-order valence-corrected chi connectivity index (χ4v) is 2.09. The van der Waals surface area contributed by atoms with Crippen molar-refractivity contribution in [1.82, 2.24) is 15.2 Å². The van der Waals surface area contributed by atoms with E-state index >= 15 is 0 Å². The minimum atomic E-state index is -0.116. The fraction of sp³-hybridized carbons (Fsp3) is 0.294. The topological polar surface area (TPSA) is 57.3 Å². The van der Waals surface area contributed by atoms with E-state index in [4.69, 9.17) is 11.6 Å². The van der Waals surface area contributed by atoms with Gasteiger partial charge in [-0.1, -0.05) is 23.7 Å². The summed E-state index contributed by atoms with van der Waals surface area (Å²) < 4.78 is 0. The number of nitrogens with one attached hydrogen (secondary N) is 2. The molecule has 0 spiro atoms. The molecule has 23 heavy (non-hydrogen) atoms. The van der Waals surface area contributed by atoms with Crippen molar-refractivity contribution in [2.24, 2.45) is 0 Å². The predicted octanol–water partition coefficient (Wildman–Crippen LogP) is 2.64. The van der Waals surface area contributed by atoms with E-state index in [0.29, 0.717) is 23.7 Å². The lowest BCUT2D eigenvalue weighted by Crippen LogP contribution is -2.31. The first-order valence-electron chi connectivity index (χ1n) is 7.41. The van der Waals surface area contributed by atoms with Gasteiger partial charge in [-0.3, -0.25) is 9.78 Å². The molecule has 0 unspecified atom stereocenters. The first-order valence-corrected chi connectivity index (χ1v) is 7.78. The fourth-order valence-electron chi connectivity index (χ4n) is 1.96. The molecular weight excluding hydrogens is 312 g/mol. The average molecular weight is 333 g/mol. The second kappa shape index (κ2) is 8.50. The Balaban J connectivity index is 1.91. The number of rotatable bonds is 7. The first-order chi connectivity index (χ1) is 11.0. The van der Waals surface area contributed by atoms with Gasteiger partial charge in [0.2, 0.25) is 0 Å². The van der Waals surface area contributed by atoms with Gasteiger partial charge in [0, 0.05) is 37.1 Å². The SMILES string of the molecule is CN(C)CCNC(=O)c1cncc(NCc2ccc(Cl)cc2)c1. The number of likely N-dealkylation sites (N-methyl/N-ethyl adjacent to an activating group) is 1. The maximum Gasteiger partial charge on any atom is 0.252 e. The van der Waals surface area contributed by atoms with Crippen molar-refractivity contribution in [3.05, 3.63) is 58.9 Å². The molecule has 0 saturated heterocycles. The van der Waals surface area contributed by atoms with E-state index in [1.165, 1.54) is 0 Å². The second-order valence-corrected chi connectivity index (χ2v) is 5.94. The summed E-state index contributed by atoms with van der Waals surface area (Å²) in [5, 5.41) is 6.85. The number of nitrogens with zero attached hydrogens (tertiary/aromatic N) is 2. The van der Waals surface area contributed by atoms with Crippen LogP contribution in [-0.4, -0.2) is 43.0 Å². The highest BCUT2D eigenvalue weighted by Gasteiger charge is 2.06. The molecule has 122 valence electrons. The van der Waals surface area contributed by atoms with Crippen LogP contribution in [0.2, 0.25) is 5.02 Å². The minimum Gasteiger partial charge on any atom is -0.380 e. The summed E-state index contributed by atoms with van der Waals surface area (Å²) in [6.07, 6.45) is 3.27. The van der Waals surface area contributed by atoms with Gasteiger partial charge in [-0.05, 0) is 37.9 Å². The third-order valence-electron chi connectivity index (χ3n) is 3.25. The number of hydrogen-bond donors (Lipinski definition) is 2. The zero-order valence-corrected chi connectivity index (χ0v) is 14.1. The molecule has 2 aromatic rings. The number of carbonyl (C=O) groups is 1. The highest BCUT2D eigenvalue weighted by Crippen LogP contribution is 2.13. The van der Waals surface area contributed by atoms with Crippen LogP contribution in [0.25, 0.3) is 0 Å². The Morgan fingerprint density at radius 2 is 1.96 bits per heavy atom. The molecule has 0 atom stereocenters. The van der Waals surface area contributed by atoms with Gasteiger partial charge in [0.05, 0.1) is 11.3 Å². The molecular formula is C17H21ClN4O. The molecule has 0 aliphatic carbocycles. The van der Waals surface area contributed by atoms with Gasteiger partial charge >= 0.3 is 0 Å². The van der Waals surface area contributed by atoms with Crippen LogP contribution in [0.3, 0.4) is 0 Å². The molecule has 0 bridgehead atoms. The van der Waals surface area contributed by atoms with Gasteiger partial charge < -0.3 is 15.5 Å². The van der Waals surface area contributed by atoms with E-state index in [1.54, 1.807) is 18.5 Å². The Labute approximate surface area is 141 Å². The van der Waals surface area contributed by atoms with E-state index in [2.05, 4.69) is 15.6 Å². The first kappa shape index (κ1) is 17.2. The van der Waals surface area contributed by atoms with Crippen LogP contribution in [-0.2, 0) is 6.54 Å². The maximum atomic E-state index is 12.1. The van der Waals surface area contributed by atoms with Crippen molar-refractivity contribution < 1.29 is 4.79 Å². The number of amides is 1. The molecule has 5 nitrogen and oxygen atoms in total. The largest absolute Gasteiger partial charge is 0.380 e. The highest BCUT2D eigenvalue weighted by molar-refractivity contribution is 6.30. The number of hydrogen-bond acceptors (Lipinski definition) is 4. The van der Waals surface area contributed by atoms with Crippen LogP contribution in [0.15, 0.2) is 42.7 Å². The van der Waals surface area contributed by atoms with Crippen molar-refractivity contribution in [3.63, 3.8) is 0 Å². The summed E-state index contributed by atoms with van der Waals surface area (Å²) in [4.78, 5) is 18.2. The Morgan fingerprint density at radius 3 is 2.65 bits per heavy atom. The van der Waals surface area contributed by atoms with Gasteiger partial charge in [-0.15, -0.1) is 0 Å². The van der Waals surface area contributed by atoms with E-state index in [9.17, 15) is 4.79 Å². The van der Waals surface area contributed by atoms with Crippen LogP contribution in [0.1, 0.15) is 15.9 Å². The highest BCUT2D eigenvalue weighted by atomic mass is 35.5. The lowest BCUT2D eigenvalue weighted by atomic mass is 10.2. The van der Waals surface area contributed by atoms with E-state index in [-0.39, 0.29) is 5.91 Å². The molecule has 0 fully saturated rings. The molecule has 1 amide bonds. The Kier molecular flexibility index (Phi) is 6.38. The van der Waals surface area contributed by atoms with Crippen molar-refractivity contribution >= 4 is 23.2 Å². The third-order valence-corrected chi connectivity index (χ3v) is 3.51. The van der Waals surface area contributed by atoms with Gasteiger partial charge in [0.1, 0.15) is 0 Å². The number of halogens is 1. The summed E-state index contributed by atoms with van der Waals surface area (Å²) in [5.41, 5.74) is 2.46. The summed E-state index contributed by atoms with van der Waals surface area (Å²) in [6, 6.07) is 9.42. The summed E-state index contributed by atoms with van der Waals surface area (Å²) in [6.45, 7) is 2.05. The molecule has 0 saturated carbocycles. The Bertz CT molecular complexity index is 643. The van der Waals surface area contributed by atoms with E-state index in [1.807, 2.05) is 43.3 Å². The van der Waals surface area contributed by atoms with Gasteiger partial charge in [0.15, 0.2) is 0 Å². The summed E-state index contributed by atoms with van der Waals surface area (Å²) >= 11 is 5.87. The maximum absolute atomic E-state index is 12.1. The van der Waals surface area contributed by atoms with Crippen LogP contribution in [0.4, 0.5) is 5.69 Å². The second-order valence-electron chi connectivity index (χ2n) is 5.50. The number of anilines is 1. The Hall–Kier alpha value is -2.11. The van der Waals surface area contributed by atoms with Crippen molar-refractivity contribution in [3.8, 4) is 0 Å². The lowest BCUT2D eigenvalue weighted by molar-refractivity contribution is 0.0950. The third kappa shape index (κ3) is 5.88. The smallest absolute Gasteiger partial charge is 0.252 e. The molecule has 0 aliphatic rings. The number of aromatic nitrogens is 1. The molecule has 0 aliphatic heterocycles. The molecule has 1 aromatic carbocycles. The van der Waals surface area contributed by atoms with Crippen LogP contribution < -0.4 is 10.6 Å². The normalized spacial score (nSPS) is 10.6. The molecule has 1 aromatic heterocycles. The summed E-state index contributed by atoms with van der Waals surface area (Å²) in [5.74, 6) is -0.116. The van der Waals surface area contributed by atoms with Gasteiger partial charge in [-0.2, -0.15) is 0 Å². The molecule has 2 N–H and O–H groups in total. The molecule has 6 heteroatoms. The standard InChI is InChI=1S/C17H21ClN4O/c1-22(2)8-7-20-17(23)14-9-16(12-19-11-14)21-10-13-3-5-15(18)6-4-13/h3-6,9,11-12,21H,7-8,10H2,1-2H3,(H,20,23). The van der Waals surface area contributed by atoms with Crippen molar-refractivity contribution in [2.45, 2.75) is 6.54 Å². The van der Waals surface area contributed by atoms with Crippen LogP contribution in [0.5, 0.6) is 0 Å². The van der Waals surface area contributed by atoms with Crippen molar-refractivity contribution in [1.29, 1.82) is 0 Å². The van der Waals surface area contributed by atoms with Crippen LogP contribution >= 0.6 is 11.6 Å². The monoisotopic (exact) mass is 332 g/mol. The van der Waals surface area contributed by atoms with Crippen molar-refractivity contribution in [2.75, 3.05) is 32.5 Å². The quantitative estimate of drug-likeness (QED) is 0.818. The number of pyridine rings is 1. The minimum absolute atomic E-state index is 0.116. The van der Waals surface area contributed by atoms with E-state index in [0.717, 1.165) is 17.8 Å². The van der Waals surface area contributed by atoms with Gasteiger partial charge in [-0.25, -0.2) is 0 Å². The average Bonchev–Trinajstić information content (AvgIpc) is 2.54. The number of carbonyl (C=O) groups excluding carboxylic acids is 1. The lowest BCUT2D eigenvalue weighted by Gasteiger charge is -2.11. The number of benzene rings is 1. The van der Waals surface area contributed by atoms with E-state index < -0.39 is 0 Å². The zero-order valence-electron chi connectivity index (χ0n) is 13.3. The molecule has 2 rings (SSSR count). The molecule has 0 radical (unpaired) electrons. The zero-order chi connectivity index (χ0) is 16.7. The van der Waals surface area contributed by atoms with Crippen LogP contribution in [0, 0.1) is 0 Å². The predicted molar refractivity (Wildman–Crippen MR) is 93.9 cm³/mol. The van der Waals surface area contributed by atoms with Gasteiger partial charge in [0.25, 0.3) is 5.91 Å².